The lowest BCUT2D eigenvalue weighted by Crippen LogP contribution is -2.45. The Hall–Kier alpha value is -0.590. The van der Waals surface area contributed by atoms with Gasteiger partial charge in [-0.25, -0.2) is 5.84 Å². The second-order valence-electron chi connectivity index (χ2n) is 4.46. The molecule has 0 spiro atoms. The maximum atomic E-state index is 5.49. The van der Waals surface area contributed by atoms with E-state index in [4.69, 9.17) is 5.84 Å². The highest BCUT2D eigenvalue weighted by Crippen LogP contribution is 2.22. The number of rotatable bonds is 4. The van der Waals surface area contributed by atoms with Crippen LogP contribution in [-0.2, 0) is 6.42 Å². The topological polar surface area (TPSA) is 62.4 Å². The number of hydrogen-bond acceptors (Lipinski definition) is 3. The van der Waals surface area contributed by atoms with Crippen molar-refractivity contribution in [1.82, 2.24) is 10.7 Å². The number of aliphatic imine (C=N–C) groups is 1. The lowest BCUT2D eigenvalue weighted by molar-refractivity contribution is 0.614. The van der Waals surface area contributed by atoms with Crippen molar-refractivity contribution in [2.24, 2.45) is 10.8 Å². The second kappa shape index (κ2) is 7.11. The molecule has 18 heavy (non-hydrogen) atoms. The Balaban J connectivity index is 1.78. The van der Waals surface area contributed by atoms with E-state index >= 15 is 0 Å². The van der Waals surface area contributed by atoms with Crippen molar-refractivity contribution in [2.45, 2.75) is 38.1 Å². The highest BCUT2D eigenvalue weighted by molar-refractivity contribution is 9.11. The molecule has 0 saturated heterocycles. The molecular weight excluding hydrogens is 312 g/mol. The van der Waals surface area contributed by atoms with E-state index < -0.39 is 0 Å². The first-order valence-electron chi connectivity index (χ1n) is 6.30. The minimum absolute atomic E-state index is 0.538. The fraction of sp³-hybridized carbons (Fsp3) is 0.583. The van der Waals surface area contributed by atoms with E-state index in [9.17, 15) is 0 Å². The van der Waals surface area contributed by atoms with Gasteiger partial charge >= 0.3 is 0 Å². The summed E-state index contributed by atoms with van der Waals surface area (Å²) in [6, 6.07) is 4.74. The molecule has 1 fully saturated rings. The van der Waals surface area contributed by atoms with Crippen molar-refractivity contribution < 1.29 is 0 Å². The van der Waals surface area contributed by atoms with E-state index in [1.807, 2.05) is 0 Å². The number of hydrogen-bond donors (Lipinski definition) is 3. The monoisotopic (exact) mass is 330 g/mol. The number of hydrazine groups is 1. The largest absolute Gasteiger partial charge is 0.353 e. The first-order valence-corrected chi connectivity index (χ1v) is 7.90. The Morgan fingerprint density at radius 2 is 2.22 bits per heavy atom. The second-order valence-corrected chi connectivity index (χ2v) is 7.00. The molecule has 4 nitrogen and oxygen atoms in total. The van der Waals surface area contributed by atoms with Gasteiger partial charge in [-0.3, -0.25) is 10.4 Å². The Kier molecular flexibility index (Phi) is 5.46. The third kappa shape index (κ3) is 4.26. The molecule has 100 valence electrons. The molecule has 0 aromatic carbocycles. The third-order valence-corrected chi connectivity index (χ3v) is 4.77. The summed E-state index contributed by atoms with van der Waals surface area (Å²) in [6.45, 7) is 0.756. The van der Waals surface area contributed by atoms with Crippen LogP contribution in [0.4, 0.5) is 0 Å². The van der Waals surface area contributed by atoms with Gasteiger partial charge in [-0.05, 0) is 40.9 Å². The van der Waals surface area contributed by atoms with Crippen molar-refractivity contribution in [3.63, 3.8) is 0 Å². The highest BCUT2D eigenvalue weighted by atomic mass is 79.9. The smallest absolute Gasteiger partial charge is 0.205 e. The van der Waals surface area contributed by atoms with Crippen LogP contribution >= 0.6 is 27.3 Å². The lowest BCUT2D eigenvalue weighted by Gasteiger charge is -2.14. The van der Waals surface area contributed by atoms with E-state index in [-0.39, 0.29) is 0 Å². The average Bonchev–Trinajstić information content (AvgIpc) is 3.00. The van der Waals surface area contributed by atoms with Gasteiger partial charge in [0.15, 0.2) is 0 Å². The molecule has 0 atom stereocenters. The summed E-state index contributed by atoms with van der Waals surface area (Å²) in [7, 11) is 0. The maximum Gasteiger partial charge on any atom is 0.205 e. The molecule has 1 aromatic heterocycles. The molecule has 0 unspecified atom stereocenters. The fourth-order valence-corrected chi connectivity index (χ4v) is 3.63. The first kappa shape index (κ1) is 13.8. The summed E-state index contributed by atoms with van der Waals surface area (Å²) in [5, 5.41) is 3.37. The van der Waals surface area contributed by atoms with Gasteiger partial charge in [0.1, 0.15) is 0 Å². The van der Waals surface area contributed by atoms with Crippen molar-refractivity contribution in [3.8, 4) is 0 Å². The Morgan fingerprint density at radius 1 is 1.44 bits per heavy atom. The van der Waals surface area contributed by atoms with Gasteiger partial charge in [0.25, 0.3) is 0 Å². The van der Waals surface area contributed by atoms with E-state index in [1.54, 1.807) is 11.3 Å². The van der Waals surface area contributed by atoms with Crippen molar-refractivity contribution in [1.29, 1.82) is 0 Å². The number of nitrogens with zero attached hydrogens (tertiary/aromatic N) is 1. The van der Waals surface area contributed by atoms with E-state index in [0.717, 1.165) is 18.9 Å². The molecule has 1 aliphatic carbocycles. The SMILES string of the molecule is NNC(=NCCc1ccc(Br)s1)NC1CCCC1. The summed E-state index contributed by atoms with van der Waals surface area (Å²) in [4.78, 5) is 5.81. The van der Waals surface area contributed by atoms with E-state index in [1.165, 1.54) is 34.3 Å². The van der Waals surface area contributed by atoms with Crippen LogP contribution < -0.4 is 16.6 Å². The van der Waals surface area contributed by atoms with Crippen LogP contribution in [-0.4, -0.2) is 18.5 Å². The van der Waals surface area contributed by atoms with Gasteiger partial charge in [0, 0.05) is 23.9 Å². The molecular formula is C12H19BrN4S. The molecule has 2 rings (SSSR count). The van der Waals surface area contributed by atoms with Crippen LogP contribution in [0.2, 0.25) is 0 Å². The molecule has 4 N–H and O–H groups in total. The third-order valence-electron chi connectivity index (χ3n) is 3.09. The fourth-order valence-electron chi connectivity index (χ4n) is 2.16. The Bertz CT molecular complexity index is 399. The summed E-state index contributed by atoms with van der Waals surface area (Å²) in [6.07, 6.45) is 6.00. The predicted octanol–water partition coefficient (Wildman–Crippen LogP) is 2.40. The van der Waals surface area contributed by atoms with Crippen LogP contribution in [0.3, 0.4) is 0 Å². The number of nitrogens with two attached hydrogens (primary N) is 1. The zero-order valence-corrected chi connectivity index (χ0v) is 12.7. The van der Waals surface area contributed by atoms with Gasteiger partial charge in [-0.1, -0.05) is 12.8 Å². The normalized spacial score (nSPS) is 17.1. The maximum absolute atomic E-state index is 5.49. The molecule has 1 aromatic rings. The van der Waals surface area contributed by atoms with Crippen LogP contribution in [0, 0.1) is 0 Å². The number of nitrogens with one attached hydrogen (secondary N) is 2. The zero-order chi connectivity index (χ0) is 12.8. The predicted molar refractivity (Wildman–Crippen MR) is 80.7 cm³/mol. The molecule has 0 radical (unpaired) electrons. The number of halogens is 1. The van der Waals surface area contributed by atoms with Crippen LogP contribution in [0.1, 0.15) is 30.6 Å². The minimum atomic E-state index is 0.538. The minimum Gasteiger partial charge on any atom is -0.353 e. The van der Waals surface area contributed by atoms with Crippen molar-refractivity contribution >= 4 is 33.2 Å². The van der Waals surface area contributed by atoms with Crippen molar-refractivity contribution in [2.75, 3.05) is 6.54 Å². The number of thiophene rings is 1. The zero-order valence-electron chi connectivity index (χ0n) is 10.3. The van der Waals surface area contributed by atoms with Gasteiger partial charge in [-0.15, -0.1) is 11.3 Å². The molecule has 1 heterocycles. The summed E-state index contributed by atoms with van der Waals surface area (Å²) in [5.41, 5.74) is 2.65. The summed E-state index contributed by atoms with van der Waals surface area (Å²) >= 11 is 5.22. The Labute approximate surface area is 120 Å². The van der Waals surface area contributed by atoms with Crippen LogP contribution in [0.15, 0.2) is 20.9 Å². The molecule has 0 bridgehead atoms. The average molecular weight is 331 g/mol. The first-order chi connectivity index (χ1) is 8.78. The van der Waals surface area contributed by atoms with E-state index in [0.29, 0.717) is 6.04 Å². The van der Waals surface area contributed by atoms with Crippen LogP contribution in [0.5, 0.6) is 0 Å². The molecule has 0 amide bonds. The molecule has 0 aliphatic heterocycles. The van der Waals surface area contributed by atoms with Gasteiger partial charge in [0.2, 0.25) is 5.96 Å². The Morgan fingerprint density at radius 3 is 2.83 bits per heavy atom. The highest BCUT2D eigenvalue weighted by Gasteiger charge is 2.15. The number of guanidine groups is 1. The van der Waals surface area contributed by atoms with Gasteiger partial charge in [0.05, 0.1) is 3.79 Å². The molecule has 1 aliphatic rings. The van der Waals surface area contributed by atoms with E-state index in [2.05, 4.69) is 43.8 Å². The van der Waals surface area contributed by atoms with Crippen LogP contribution in [0.25, 0.3) is 0 Å². The lowest BCUT2D eigenvalue weighted by atomic mass is 10.2. The molecule has 6 heteroatoms. The summed E-state index contributed by atoms with van der Waals surface area (Å²) < 4.78 is 1.17. The quantitative estimate of drug-likeness (QED) is 0.344. The van der Waals surface area contributed by atoms with Crippen molar-refractivity contribution in [3.05, 3.63) is 20.8 Å². The molecule has 1 saturated carbocycles. The standard InChI is InChI=1S/C12H19BrN4S/c13-11-6-5-10(18-11)7-8-15-12(17-14)16-9-3-1-2-4-9/h5-6,9H,1-4,7-8,14H2,(H2,15,16,17). The van der Waals surface area contributed by atoms with Gasteiger partial charge < -0.3 is 5.32 Å². The van der Waals surface area contributed by atoms with Gasteiger partial charge in [-0.2, -0.15) is 0 Å². The summed E-state index contributed by atoms with van der Waals surface area (Å²) in [5.74, 6) is 6.21.